The minimum Gasteiger partial charge on any atom is -0.244 e. The molecule has 0 radical (unpaired) electrons. The van der Waals surface area contributed by atoms with Crippen LogP contribution in [0.4, 0.5) is 0 Å². The Labute approximate surface area is 100 Å². The summed E-state index contributed by atoms with van der Waals surface area (Å²) >= 11 is 5.66. The van der Waals surface area contributed by atoms with Crippen molar-refractivity contribution in [3.05, 3.63) is 23.5 Å². The molecule has 0 aromatic carbocycles. The fourth-order valence-corrected chi connectivity index (χ4v) is 3.35. The molecule has 0 atom stereocenters. The number of halogens is 1. The molecule has 0 spiro atoms. The van der Waals surface area contributed by atoms with Crippen LogP contribution >= 0.6 is 11.6 Å². The molecule has 1 saturated carbocycles. The highest BCUT2D eigenvalue weighted by Crippen LogP contribution is 2.27. The summed E-state index contributed by atoms with van der Waals surface area (Å²) in [6.45, 7) is 2.11. The third-order valence-electron chi connectivity index (χ3n) is 2.70. The predicted octanol–water partition coefficient (Wildman–Crippen LogP) is 1.81. The van der Waals surface area contributed by atoms with Gasteiger partial charge in [0.05, 0.1) is 4.90 Å². The molecule has 88 valence electrons. The van der Waals surface area contributed by atoms with Crippen molar-refractivity contribution in [2.24, 2.45) is 5.92 Å². The van der Waals surface area contributed by atoms with Gasteiger partial charge in [-0.1, -0.05) is 18.5 Å². The summed E-state index contributed by atoms with van der Waals surface area (Å²) in [4.78, 5) is 3.93. The maximum absolute atomic E-state index is 11.9. The number of hydrogen-bond donors (Lipinski definition) is 1. The molecular weight excluding hydrogens is 248 g/mol. The molecule has 0 saturated heterocycles. The molecule has 0 aliphatic heterocycles. The molecule has 1 heterocycles. The molecule has 1 aromatic heterocycles. The molecule has 1 fully saturated rings. The van der Waals surface area contributed by atoms with Crippen LogP contribution in [0.3, 0.4) is 0 Å². The second-order valence-corrected chi connectivity index (χ2v) is 6.31. The second-order valence-electron chi connectivity index (χ2n) is 4.21. The Balaban J connectivity index is 2.13. The monoisotopic (exact) mass is 260 g/mol. The molecule has 6 heteroatoms. The number of rotatable bonds is 3. The van der Waals surface area contributed by atoms with Crippen LogP contribution in [0.5, 0.6) is 0 Å². The fourth-order valence-electron chi connectivity index (χ4n) is 1.84. The summed E-state index contributed by atoms with van der Waals surface area (Å²) in [6.07, 6.45) is 3.19. The van der Waals surface area contributed by atoms with E-state index in [0.717, 1.165) is 12.8 Å². The van der Waals surface area contributed by atoms with Crippen molar-refractivity contribution in [2.75, 3.05) is 0 Å². The van der Waals surface area contributed by atoms with E-state index in [1.807, 2.05) is 0 Å². The van der Waals surface area contributed by atoms with Crippen LogP contribution < -0.4 is 4.72 Å². The van der Waals surface area contributed by atoms with Crippen molar-refractivity contribution in [3.8, 4) is 0 Å². The molecule has 1 aromatic rings. The van der Waals surface area contributed by atoms with Crippen LogP contribution in [-0.4, -0.2) is 19.4 Å². The lowest BCUT2D eigenvalue weighted by atomic mass is 9.83. The van der Waals surface area contributed by atoms with Gasteiger partial charge < -0.3 is 0 Å². The van der Waals surface area contributed by atoms with Crippen molar-refractivity contribution >= 4 is 21.6 Å². The fraction of sp³-hybridized carbons (Fsp3) is 0.500. The molecule has 1 N–H and O–H groups in total. The Hall–Kier alpha value is -0.650. The summed E-state index contributed by atoms with van der Waals surface area (Å²) in [5.41, 5.74) is 0. The highest BCUT2D eigenvalue weighted by Gasteiger charge is 2.29. The standard InChI is InChI=1S/C10H13ClN2O2S/c1-7-4-8(5-7)13-16(14,15)9-2-3-12-10(11)6-9/h2-3,6-8,13H,4-5H2,1H3. The normalized spacial score (nSPS) is 25.1. The van der Waals surface area contributed by atoms with Gasteiger partial charge in [0, 0.05) is 12.2 Å². The van der Waals surface area contributed by atoms with E-state index in [1.54, 1.807) is 0 Å². The molecule has 4 nitrogen and oxygen atoms in total. The quantitative estimate of drug-likeness (QED) is 0.844. The minimum atomic E-state index is -3.44. The Morgan fingerprint density at radius 3 is 2.75 bits per heavy atom. The van der Waals surface area contributed by atoms with Crippen LogP contribution in [0, 0.1) is 5.92 Å². The average Bonchev–Trinajstić information content (AvgIpc) is 2.15. The first-order valence-electron chi connectivity index (χ1n) is 5.11. The van der Waals surface area contributed by atoms with Gasteiger partial charge >= 0.3 is 0 Å². The zero-order valence-corrected chi connectivity index (χ0v) is 10.4. The number of aromatic nitrogens is 1. The van der Waals surface area contributed by atoms with E-state index < -0.39 is 10.0 Å². The minimum absolute atomic E-state index is 0.0620. The van der Waals surface area contributed by atoms with Crippen LogP contribution in [-0.2, 0) is 10.0 Å². The number of nitrogens with zero attached hydrogens (tertiary/aromatic N) is 1. The molecule has 1 aliphatic carbocycles. The summed E-state index contributed by atoms with van der Waals surface area (Å²) in [6, 6.07) is 2.86. The number of pyridine rings is 1. The maximum atomic E-state index is 11.9. The van der Waals surface area contributed by atoms with Gasteiger partial charge in [-0.15, -0.1) is 0 Å². The summed E-state index contributed by atoms with van der Waals surface area (Å²) < 4.78 is 26.4. The van der Waals surface area contributed by atoms with Crippen molar-refractivity contribution in [1.29, 1.82) is 0 Å². The van der Waals surface area contributed by atoms with Gasteiger partial charge in [-0.05, 0) is 30.9 Å². The third kappa shape index (κ3) is 2.53. The zero-order chi connectivity index (χ0) is 11.8. The second kappa shape index (κ2) is 4.31. The van der Waals surface area contributed by atoms with E-state index in [9.17, 15) is 8.42 Å². The summed E-state index contributed by atoms with van der Waals surface area (Å²) in [5.74, 6) is 0.605. The largest absolute Gasteiger partial charge is 0.244 e. The number of sulfonamides is 1. The van der Waals surface area contributed by atoms with Gasteiger partial charge in [0.25, 0.3) is 0 Å². The van der Waals surface area contributed by atoms with E-state index >= 15 is 0 Å². The first-order valence-corrected chi connectivity index (χ1v) is 6.97. The lowest BCUT2D eigenvalue weighted by Crippen LogP contribution is -2.43. The van der Waals surface area contributed by atoms with E-state index in [-0.39, 0.29) is 16.1 Å². The Bertz CT molecular complexity index is 483. The van der Waals surface area contributed by atoms with Crippen molar-refractivity contribution < 1.29 is 8.42 Å². The van der Waals surface area contributed by atoms with Crippen LogP contribution in [0.2, 0.25) is 5.15 Å². The zero-order valence-electron chi connectivity index (χ0n) is 8.85. The van der Waals surface area contributed by atoms with E-state index in [1.165, 1.54) is 18.3 Å². The molecule has 1 aliphatic rings. The highest BCUT2D eigenvalue weighted by atomic mass is 35.5. The maximum Gasteiger partial charge on any atom is 0.240 e. The van der Waals surface area contributed by atoms with Gasteiger partial charge in [-0.2, -0.15) is 0 Å². The molecule has 0 amide bonds. The molecule has 2 rings (SSSR count). The Kier molecular flexibility index (Phi) is 3.19. The topological polar surface area (TPSA) is 59.1 Å². The van der Waals surface area contributed by atoms with E-state index in [0.29, 0.717) is 5.92 Å². The molecular formula is C10H13ClN2O2S. The molecule has 16 heavy (non-hydrogen) atoms. The summed E-state index contributed by atoms with van der Waals surface area (Å²) in [5, 5.41) is 0.185. The lowest BCUT2D eigenvalue weighted by molar-refractivity contribution is 0.270. The smallest absolute Gasteiger partial charge is 0.240 e. The average molecular weight is 261 g/mol. The van der Waals surface area contributed by atoms with Crippen LogP contribution in [0.15, 0.2) is 23.2 Å². The molecule has 0 bridgehead atoms. The van der Waals surface area contributed by atoms with Gasteiger partial charge in [0.2, 0.25) is 10.0 Å². The first-order chi connectivity index (χ1) is 7.47. The van der Waals surface area contributed by atoms with Crippen LogP contribution in [0.1, 0.15) is 19.8 Å². The van der Waals surface area contributed by atoms with Gasteiger partial charge in [0.15, 0.2) is 0 Å². The lowest BCUT2D eigenvalue weighted by Gasteiger charge is -2.32. The Morgan fingerprint density at radius 2 is 2.19 bits per heavy atom. The predicted molar refractivity (Wildman–Crippen MR) is 61.8 cm³/mol. The van der Waals surface area contributed by atoms with E-state index in [4.69, 9.17) is 11.6 Å². The highest BCUT2D eigenvalue weighted by molar-refractivity contribution is 7.89. The van der Waals surface area contributed by atoms with E-state index in [2.05, 4.69) is 16.6 Å². The number of hydrogen-bond acceptors (Lipinski definition) is 3. The number of nitrogens with one attached hydrogen (secondary N) is 1. The third-order valence-corrected chi connectivity index (χ3v) is 4.43. The molecule has 0 unspecified atom stereocenters. The van der Waals surface area contributed by atoms with Gasteiger partial charge in [-0.25, -0.2) is 18.1 Å². The van der Waals surface area contributed by atoms with Gasteiger partial charge in [-0.3, -0.25) is 0 Å². The Morgan fingerprint density at radius 1 is 1.50 bits per heavy atom. The van der Waals surface area contributed by atoms with Gasteiger partial charge in [0.1, 0.15) is 5.15 Å². The first kappa shape index (κ1) is 11.8. The SMILES string of the molecule is CC1CC(NS(=O)(=O)c2ccnc(Cl)c2)C1. The van der Waals surface area contributed by atoms with Crippen LogP contribution in [0.25, 0.3) is 0 Å². The van der Waals surface area contributed by atoms with Crippen molar-refractivity contribution in [1.82, 2.24) is 9.71 Å². The summed E-state index contributed by atoms with van der Waals surface area (Å²) in [7, 11) is -3.44. The van der Waals surface area contributed by atoms with Crippen molar-refractivity contribution in [2.45, 2.75) is 30.7 Å². The van der Waals surface area contributed by atoms with Crippen molar-refractivity contribution in [3.63, 3.8) is 0 Å².